The molecule has 0 spiro atoms. The normalized spacial score (nSPS) is 30.6. The average molecular weight is 331 g/mol. The second-order valence-corrected chi connectivity index (χ2v) is 6.54. The minimum Gasteiger partial charge on any atom is -0.206 e. The largest absolute Gasteiger partial charge is 0.409 e. The highest BCUT2D eigenvalue weighted by atomic mass is 35.5. The Labute approximate surface area is 131 Å². The Morgan fingerprint density at radius 2 is 2.05 bits per heavy atom. The van der Waals surface area contributed by atoms with E-state index in [0.29, 0.717) is 17.9 Å². The molecule has 0 N–H and O–H groups in total. The highest BCUT2D eigenvalue weighted by Gasteiger charge is 2.61. The van der Waals surface area contributed by atoms with E-state index in [2.05, 4.69) is 6.58 Å². The number of allylic oxidation sites excluding steroid dienone is 2. The Hall–Kier alpha value is -1.29. The molecule has 1 aromatic carbocycles. The second kappa shape index (κ2) is 5.12. The Bertz CT molecular complexity index is 624. The fourth-order valence-electron chi connectivity index (χ4n) is 3.77. The summed E-state index contributed by atoms with van der Waals surface area (Å²) < 4.78 is 50.8. The fraction of sp³-hybridized carbons (Fsp3) is 0.412. The van der Waals surface area contributed by atoms with E-state index in [0.717, 1.165) is 24.8 Å². The van der Waals surface area contributed by atoms with Crippen molar-refractivity contribution in [2.24, 2.45) is 11.8 Å². The first kappa shape index (κ1) is 15.6. The van der Waals surface area contributed by atoms with Gasteiger partial charge >= 0.3 is 6.18 Å². The number of hydrogen-bond acceptors (Lipinski definition) is 0. The van der Waals surface area contributed by atoms with Gasteiger partial charge in [-0.3, -0.25) is 0 Å². The fourth-order valence-corrected chi connectivity index (χ4v) is 4.05. The molecule has 0 amide bonds. The zero-order valence-corrected chi connectivity index (χ0v) is 12.5. The highest BCUT2D eigenvalue weighted by molar-refractivity contribution is 6.32. The number of hydrogen-bond donors (Lipinski definition) is 0. The van der Waals surface area contributed by atoms with E-state index in [-0.39, 0.29) is 22.1 Å². The summed E-state index contributed by atoms with van der Waals surface area (Å²) in [5.41, 5.74) is 0.526. The van der Waals surface area contributed by atoms with Gasteiger partial charge in [-0.1, -0.05) is 17.7 Å². The molecular weight excluding hydrogens is 316 g/mol. The summed E-state index contributed by atoms with van der Waals surface area (Å²) in [6, 6.07) is 2.96. The van der Waals surface area contributed by atoms with E-state index in [1.54, 1.807) is 6.07 Å². The topological polar surface area (TPSA) is 0 Å². The summed E-state index contributed by atoms with van der Waals surface area (Å²) in [6.45, 7) is 3.83. The maximum absolute atomic E-state index is 14.2. The summed E-state index contributed by atoms with van der Waals surface area (Å²) in [6.07, 6.45) is 1.07. The number of fused-ring (bicyclic) bond motifs is 1. The summed E-state index contributed by atoms with van der Waals surface area (Å²) in [4.78, 5) is 0. The molecule has 118 valence electrons. The Kier molecular flexibility index (Phi) is 3.63. The first-order chi connectivity index (χ1) is 10.3. The van der Waals surface area contributed by atoms with Gasteiger partial charge in [0.1, 0.15) is 5.82 Å². The maximum Gasteiger partial charge on any atom is 0.409 e. The predicted molar refractivity (Wildman–Crippen MR) is 79.2 cm³/mol. The van der Waals surface area contributed by atoms with Gasteiger partial charge in [0.25, 0.3) is 0 Å². The second-order valence-electron chi connectivity index (χ2n) is 6.13. The minimum atomic E-state index is -4.49. The third kappa shape index (κ3) is 2.58. The van der Waals surface area contributed by atoms with Crippen molar-refractivity contribution in [1.82, 2.24) is 0 Å². The van der Waals surface area contributed by atoms with Gasteiger partial charge in [0.15, 0.2) is 0 Å². The number of alkyl halides is 3. The van der Waals surface area contributed by atoms with Crippen LogP contribution in [-0.4, -0.2) is 6.18 Å². The van der Waals surface area contributed by atoms with Crippen LogP contribution in [0.1, 0.15) is 30.4 Å². The van der Waals surface area contributed by atoms with Crippen LogP contribution in [0, 0.1) is 17.7 Å². The van der Waals surface area contributed by atoms with Gasteiger partial charge in [-0.05, 0) is 60.3 Å². The van der Waals surface area contributed by atoms with Crippen molar-refractivity contribution in [1.29, 1.82) is 0 Å². The van der Waals surface area contributed by atoms with Gasteiger partial charge in [0, 0.05) is 11.6 Å². The highest BCUT2D eigenvalue weighted by Crippen LogP contribution is 2.67. The van der Waals surface area contributed by atoms with Crippen LogP contribution in [0.15, 0.2) is 30.9 Å². The molecule has 2 aliphatic carbocycles. The quantitative estimate of drug-likeness (QED) is 0.477. The van der Waals surface area contributed by atoms with E-state index in [1.807, 2.05) is 6.08 Å². The molecule has 0 radical (unpaired) electrons. The predicted octanol–water partition coefficient (Wildman–Crippen LogP) is 5.91. The average Bonchev–Trinajstić information content (AvgIpc) is 3.04. The van der Waals surface area contributed by atoms with E-state index < -0.39 is 12.0 Å². The Balaban J connectivity index is 1.92. The molecule has 22 heavy (non-hydrogen) atoms. The van der Waals surface area contributed by atoms with Crippen molar-refractivity contribution in [2.75, 3.05) is 0 Å². The van der Waals surface area contributed by atoms with Crippen molar-refractivity contribution >= 4 is 17.7 Å². The lowest BCUT2D eigenvalue weighted by Gasteiger charge is -2.14. The lowest BCUT2D eigenvalue weighted by atomic mass is 9.92. The summed E-state index contributed by atoms with van der Waals surface area (Å²) in [5, 5.41) is 0.0255. The molecule has 5 heteroatoms. The summed E-state index contributed by atoms with van der Waals surface area (Å²) >= 11 is 6.01. The standard InChI is InChI=1S/C17H15ClF4/c1-2-10-3-5-16(9-13(10)16)11-7-14(18)12(15(19)8-11)4-6-17(20,21)22/h2,4,6-8,10,13H,1,3,5,9H2/b6-4+. The third-order valence-electron chi connectivity index (χ3n) is 4.97. The van der Waals surface area contributed by atoms with Crippen LogP contribution in [0.4, 0.5) is 17.6 Å². The molecular formula is C17H15ClF4. The van der Waals surface area contributed by atoms with Gasteiger partial charge in [0.2, 0.25) is 0 Å². The Morgan fingerprint density at radius 1 is 1.32 bits per heavy atom. The van der Waals surface area contributed by atoms with Gasteiger partial charge in [-0.25, -0.2) is 4.39 Å². The molecule has 0 aliphatic heterocycles. The number of rotatable bonds is 3. The smallest absolute Gasteiger partial charge is 0.206 e. The van der Waals surface area contributed by atoms with Crippen molar-refractivity contribution in [3.05, 3.63) is 52.8 Å². The van der Waals surface area contributed by atoms with Crippen LogP contribution in [0.2, 0.25) is 5.02 Å². The molecule has 2 aliphatic rings. The maximum atomic E-state index is 14.2. The van der Waals surface area contributed by atoms with Crippen molar-refractivity contribution in [3.8, 4) is 0 Å². The Morgan fingerprint density at radius 3 is 2.55 bits per heavy atom. The number of benzene rings is 1. The monoisotopic (exact) mass is 330 g/mol. The van der Waals surface area contributed by atoms with Crippen LogP contribution in [-0.2, 0) is 5.41 Å². The molecule has 0 bridgehead atoms. The molecule has 0 heterocycles. The zero-order valence-electron chi connectivity index (χ0n) is 11.8. The van der Waals surface area contributed by atoms with E-state index in [4.69, 9.17) is 11.6 Å². The molecule has 1 aromatic rings. The molecule has 3 rings (SSSR count). The molecule has 0 saturated heterocycles. The van der Waals surface area contributed by atoms with Gasteiger partial charge < -0.3 is 0 Å². The van der Waals surface area contributed by atoms with Crippen LogP contribution < -0.4 is 0 Å². The van der Waals surface area contributed by atoms with Crippen LogP contribution >= 0.6 is 11.6 Å². The van der Waals surface area contributed by atoms with Crippen LogP contribution in [0.25, 0.3) is 6.08 Å². The van der Waals surface area contributed by atoms with E-state index in [1.165, 1.54) is 6.07 Å². The molecule has 2 fully saturated rings. The minimum absolute atomic E-state index is 0.00149. The molecule has 0 nitrogen and oxygen atoms in total. The lowest BCUT2D eigenvalue weighted by molar-refractivity contribution is -0.0790. The zero-order chi connectivity index (χ0) is 16.1. The lowest BCUT2D eigenvalue weighted by Crippen LogP contribution is -2.07. The molecule has 3 unspecified atom stereocenters. The molecule has 0 aromatic heterocycles. The van der Waals surface area contributed by atoms with E-state index in [9.17, 15) is 17.6 Å². The van der Waals surface area contributed by atoms with Crippen molar-refractivity contribution in [3.63, 3.8) is 0 Å². The van der Waals surface area contributed by atoms with Crippen molar-refractivity contribution < 1.29 is 17.6 Å². The third-order valence-corrected chi connectivity index (χ3v) is 5.28. The van der Waals surface area contributed by atoms with Gasteiger partial charge in [0.05, 0.1) is 5.02 Å². The first-order valence-corrected chi connectivity index (χ1v) is 7.53. The first-order valence-electron chi connectivity index (χ1n) is 7.15. The summed E-state index contributed by atoms with van der Waals surface area (Å²) in [5.74, 6) is 0.189. The van der Waals surface area contributed by atoms with Crippen LogP contribution in [0.3, 0.4) is 0 Å². The van der Waals surface area contributed by atoms with E-state index >= 15 is 0 Å². The molecule has 3 atom stereocenters. The van der Waals surface area contributed by atoms with Crippen LogP contribution in [0.5, 0.6) is 0 Å². The number of halogens is 5. The summed E-state index contributed by atoms with van der Waals surface area (Å²) in [7, 11) is 0. The van der Waals surface area contributed by atoms with Crippen molar-refractivity contribution in [2.45, 2.75) is 30.9 Å². The van der Waals surface area contributed by atoms with Gasteiger partial charge in [-0.2, -0.15) is 13.2 Å². The molecule has 2 saturated carbocycles. The SMILES string of the molecule is C=CC1CCC2(c3cc(F)c(/C=C/C(F)(F)F)c(Cl)c3)CC12. The van der Waals surface area contributed by atoms with Gasteiger partial charge in [-0.15, -0.1) is 6.58 Å².